The molecule has 0 aromatic rings. The molecule has 0 aromatic carbocycles. The first-order valence-electron chi connectivity index (χ1n) is 10.0. The predicted octanol–water partition coefficient (Wildman–Crippen LogP) is 2.45. The van der Waals surface area contributed by atoms with Crippen LogP contribution in [-0.2, 0) is 0 Å². The minimum absolute atomic E-state index is 0.284. The predicted molar refractivity (Wildman–Crippen MR) is 101 cm³/mol. The van der Waals surface area contributed by atoms with E-state index in [9.17, 15) is 15.3 Å². The van der Waals surface area contributed by atoms with Crippen LogP contribution in [-0.4, -0.2) is 46.2 Å². The van der Waals surface area contributed by atoms with Gasteiger partial charge in [0, 0.05) is 0 Å². The van der Waals surface area contributed by atoms with E-state index in [1.807, 2.05) is 0 Å². The minimum atomic E-state index is -1.30. The summed E-state index contributed by atoms with van der Waals surface area (Å²) in [5.74, 6) is 0. The van der Waals surface area contributed by atoms with Gasteiger partial charge in [-0.15, -0.1) is 0 Å². The van der Waals surface area contributed by atoms with Crippen LogP contribution in [0.2, 0.25) is 0 Å². The molecule has 3 atom stereocenters. The molecule has 146 valence electrons. The van der Waals surface area contributed by atoms with Crippen molar-refractivity contribution < 1.29 is 15.3 Å². The van der Waals surface area contributed by atoms with Crippen LogP contribution >= 0.6 is 0 Å². The third kappa shape index (κ3) is 10.6. The minimum Gasteiger partial charge on any atom is -0.390 e. The lowest BCUT2D eigenvalue weighted by molar-refractivity contribution is -0.133. The van der Waals surface area contributed by atoms with Gasteiger partial charge in [0.1, 0.15) is 6.10 Å². The Labute approximate surface area is 148 Å². The molecule has 5 heteroatoms. The summed E-state index contributed by atoms with van der Waals surface area (Å²) in [6, 6.07) is 0. The molecule has 0 bridgehead atoms. The molecule has 7 N–H and O–H groups in total. The van der Waals surface area contributed by atoms with E-state index in [1.165, 1.54) is 44.9 Å². The van der Waals surface area contributed by atoms with Crippen LogP contribution in [0.1, 0.15) is 90.4 Å². The number of aliphatic hydroxyl groups excluding tert-OH is 2. The summed E-state index contributed by atoms with van der Waals surface area (Å²) in [6.45, 7) is 2.81. The monoisotopic (exact) mass is 346 g/mol. The van der Waals surface area contributed by atoms with Crippen LogP contribution < -0.4 is 11.5 Å². The van der Waals surface area contributed by atoms with E-state index in [0.717, 1.165) is 19.3 Å². The third-order valence-electron chi connectivity index (χ3n) is 4.92. The summed E-state index contributed by atoms with van der Waals surface area (Å²) in [5, 5.41) is 30.8. The Hall–Kier alpha value is -0.200. The molecule has 24 heavy (non-hydrogen) atoms. The second-order valence-electron chi connectivity index (χ2n) is 7.16. The van der Waals surface area contributed by atoms with Gasteiger partial charge in [0.2, 0.25) is 0 Å². The van der Waals surface area contributed by atoms with E-state index < -0.39 is 17.8 Å². The SMILES string of the molecule is CCCCCCCCCCCCC(O)(CCN)C(O)C(O)CCN. The molecule has 3 unspecified atom stereocenters. The fourth-order valence-corrected chi connectivity index (χ4v) is 3.28. The van der Waals surface area contributed by atoms with Crippen LogP contribution in [0.4, 0.5) is 0 Å². The van der Waals surface area contributed by atoms with Crippen LogP contribution in [0.15, 0.2) is 0 Å². The largest absolute Gasteiger partial charge is 0.390 e. The van der Waals surface area contributed by atoms with Gasteiger partial charge in [-0.05, 0) is 32.4 Å². The summed E-state index contributed by atoms with van der Waals surface area (Å²) >= 11 is 0. The van der Waals surface area contributed by atoms with E-state index in [2.05, 4.69) is 6.92 Å². The molecule has 0 aliphatic carbocycles. The van der Waals surface area contributed by atoms with Gasteiger partial charge in [-0.25, -0.2) is 0 Å². The maximum absolute atomic E-state index is 10.7. The molecule has 0 saturated carbocycles. The number of rotatable bonds is 17. The second-order valence-corrected chi connectivity index (χ2v) is 7.16. The zero-order valence-corrected chi connectivity index (χ0v) is 15.8. The first-order valence-corrected chi connectivity index (χ1v) is 10.0. The number of aliphatic hydroxyl groups is 3. The maximum Gasteiger partial charge on any atom is 0.109 e. The van der Waals surface area contributed by atoms with Crippen molar-refractivity contribution in [3.8, 4) is 0 Å². The van der Waals surface area contributed by atoms with Crippen LogP contribution in [0.25, 0.3) is 0 Å². The van der Waals surface area contributed by atoms with Crippen molar-refractivity contribution in [3.63, 3.8) is 0 Å². The lowest BCUT2D eigenvalue weighted by Gasteiger charge is -2.35. The quantitative estimate of drug-likeness (QED) is 0.260. The Morgan fingerprint density at radius 1 is 0.750 bits per heavy atom. The summed E-state index contributed by atoms with van der Waals surface area (Å²) in [4.78, 5) is 0. The molecule has 0 heterocycles. The number of hydrogen-bond acceptors (Lipinski definition) is 5. The van der Waals surface area contributed by atoms with E-state index in [0.29, 0.717) is 19.4 Å². The van der Waals surface area contributed by atoms with Gasteiger partial charge < -0.3 is 26.8 Å². The van der Waals surface area contributed by atoms with Crippen molar-refractivity contribution in [3.05, 3.63) is 0 Å². The number of hydrogen-bond donors (Lipinski definition) is 5. The Balaban J connectivity index is 3.92. The fraction of sp³-hybridized carbons (Fsp3) is 1.00. The first kappa shape index (κ1) is 23.8. The molecule has 0 saturated heterocycles. The van der Waals surface area contributed by atoms with Crippen LogP contribution in [0.3, 0.4) is 0 Å². The smallest absolute Gasteiger partial charge is 0.109 e. The normalized spacial score (nSPS) is 16.8. The standard InChI is InChI=1S/C19H42N2O3/c1-2-3-4-5-6-7-8-9-10-11-13-19(24,14-16-21)18(23)17(22)12-15-20/h17-18,22-24H,2-16,20-21H2,1H3. The zero-order valence-electron chi connectivity index (χ0n) is 15.8. The average molecular weight is 347 g/mol. The Morgan fingerprint density at radius 3 is 1.71 bits per heavy atom. The van der Waals surface area contributed by atoms with Crippen LogP contribution in [0, 0.1) is 0 Å². The zero-order chi connectivity index (χ0) is 18.3. The van der Waals surface area contributed by atoms with E-state index in [-0.39, 0.29) is 13.0 Å². The first-order chi connectivity index (χ1) is 11.5. The molecular formula is C19H42N2O3. The lowest BCUT2D eigenvalue weighted by Crippen LogP contribution is -2.50. The van der Waals surface area contributed by atoms with Crippen molar-refractivity contribution in [2.45, 2.75) is 108 Å². The van der Waals surface area contributed by atoms with Crippen molar-refractivity contribution in [1.29, 1.82) is 0 Å². The summed E-state index contributed by atoms with van der Waals surface area (Å²) in [5.41, 5.74) is 9.68. The van der Waals surface area contributed by atoms with Gasteiger partial charge in [-0.3, -0.25) is 0 Å². The Kier molecular flexibility index (Phi) is 15.0. The molecule has 0 amide bonds. The molecular weight excluding hydrogens is 304 g/mol. The highest BCUT2D eigenvalue weighted by Crippen LogP contribution is 2.26. The Morgan fingerprint density at radius 2 is 1.25 bits per heavy atom. The van der Waals surface area contributed by atoms with E-state index >= 15 is 0 Å². The van der Waals surface area contributed by atoms with Gasteiger partial charge >= 0.3 is 0 Å². The van der Waals surface area contributed by atoms with Crippen molar-refractivity contribution in [2.24, 2.45) is 11.5 Å². The van der Waals surface area contributed by atoms with Crippen LogP contribution in [0.5, 0.6) is 0 Å². The van der Waals surface area contributed by atoms with E-state index in [4.69, 9.17) is 11.5 Å². The molecule has 0 spiro atoms. The highest BCUT2D eigenvalue weighted by Gasteiger charge is 2.38. The van der Waals surface area contributed by atoms with Gasteiger partial charge in [0.25, 0.3) is 0 Å². The van der Waals surface area contributed by atoms with Crippen molar-refractivity contribution >= 4 is 0 Å². The Bertz CT molecular complexity index is 279. The molecule has 0 aliphatic heterocycles. The molecule has 0 aliphatic rings. The summed E-state index contributed by atoms with van der Waals surface area (Å²) in [7, 11) is 0. The lowest BCUT2D eigenvalue weighted by atomic mass is 9.83. The van der Waals surface area contributed by atoms with Gasteiger partial charge in [-0.2, -0.15) is 0 Å². The fourth-order valence-electron chi connectivity index (χ4n) is 3.28. The number of nitrogens with two attached hydrogens (primary N) is 2. The molecule has 0 rings (SSSR count). The van der Waals surface area contributed by atoms with Crippen molar-refractivity contribution in [1.82, 2.24) is 0 Å². The third-order valence-corrected chi connectivity index (χ3v) is 4.92. The van der Waals surface area contributed by atoms with Gasteiger partial charge in [0.15, 0.2) is 0 Å². The summed E-state index contributed by atoms with van der Waals surface area (Å²) in [6.07, 6.45) is 11.1. The molecule has 0 aromatic heterocycles. The summed E-state index contributed by atoms with van der Waals surface area (Å²) < 4.78 is 0. The molecule has 0 fully saturated rings. The van der Waals surface area contributed by atoms with E-state index in [1.54, 1.807) is 0 Å². The average Bonchev–Trinajstić information content (AvgIpc) is 2.56. The van der Waals surface area contributed by atoms with Gasteiger partial charge in [0.05, 0.1) is 11.7 Å². The molecule has 0 radical (unpaired) electrons. The number of unbranched alkanes of at least 4 members (excludes halogenated alkanes) is 9. The highest BCUT2D eigenvalue weighted by atomic mass is 16.4. The highest BCUT2D eigenvalue weighted by molar-refractivity contribution is 4.91. The van der Waals surface area contributed by atoms with Gasteiger partial charge in [-0.1, -0.05) is 71.1 Å². The van der Waals surface area contributed by atoms with Crippen molar-refractivity contribution in [2.75, 3.05) is 13.1 Å². The second kappa shape index (κ2) is 15.1. The topological polar surface area (TPSA) is 113 Å². The maximum atomic E-state index is 10.7. The molecule has 5 nitrogen and oxygen atoms in total.